The van der Waals surface area contributed by atoms with Crippen molar-refractivity contribution in [2.45, 2.75) is 19.8 Å². The van der Waals surface area contributed by atoms with Gasteiger partial charge in [0.15, 0.2) is 5.75 Å². The molecule has 0 aliphatic rings. The molecule has 0 bridgehead atoms. The Hall–Kier alpha value is -3.45. The highest BCUT2D eigenvalue weighted by Gasteiger charge is 2.23. The van der Waals surface area contributed by atoms with E-state index in [1.165, 1.54) is 19.2 Å². The van der Waals surface area contributed by atoms with Gasteiger partial charge in [-0.2, -0.15) is 10.2 Å². The Kier molecular flexibility index (Phi) is 5.84. The van der Waals surface area contributed by atoms with Gasteiger partial charge in [-0.05, 0) is 49.1 Å². The summed E-state index contributed by atoms with van der Waals surface area (Å²) < 4.78 is 17.8. The number of halogens is 2. The van der Waals surface area contributed by atoms with Crippen LogP contribution in [0.25, 0.3) is 22.4 Å². The van der Waals surface area contributed by atoms with Crippen LogP contribution < -0.4 is 5.56 Å². The van der Waals surface area contributed by atoms with Crippen molar-refractivity contribution >= 4 is 11.6 Å². The van der Waals surface area contributed by atoms with Crippen molar-refractivity contribution in [2.75, 3.05) is 0 Å². The molecule has 1 N–H and O–H groups in total. The van der Waals surface area contributed by atoms with Gasteiger partial charge in [-0.25, -0.2) is 9.07 Å². The molecule has 0 amide bonds. The fraction of sp³-hybridized carbons (Fsp3) is 0.208. The zero-order chi connectivity index (χ0) is 23.0. The van der Waals surface area contributed by atoms with E-state index >= 15 is 0 Å². The molecule has 2 heterocycles. The van der Waals surface area contributed by atoms with E-state index in [0.29, 0.717) is 23.4 Å². The minimum atomic E-state index is -0.618. The van der Waals surface area contributed by atoms with Crippen molar-refractivity contribution in [1.29, 1.82) is 0 Å². The Bertz CT molecular complexity index is 1360. The van der Waals surface area contributed by atoms with Crippen LogP contribution in [0.15, 0.2) is 53.5 Å². The number of aromatic nitrogens is 4. The number of aryl methyl sites for hydroxylation is 4. The molecule has 2 aromatic carbocycles. The lowest BCUT2D eigenvalue weighted by atomic mass is 9.94. The van der Waals surface area contributed by atoms with Crippen molar-refractivity contribution < 1.29 is 9.50 Å². The normalized spacial score (nSPS) is 11.2. The molecule has 4 rings (SSSR count). The summed E-state index contributed by atoms with van der Waals surface area (Å²) in [5.41, 5.74) is 2.92. The number of benzene rings is 2. The van der Waals surface area contributed by atoms with Crippen molar-refractivity contribution in [3.05, 3.63) is 86.7 Å². The van der Waals surface area contributed by atoms with Crippen LogP contribution in [0.3, 0.4) is 0 Å². The van der Waals surface area contributed by atoms with Crippen LogP contribution in [0.2, 0.25) is 5.02 Å². The lowest BCUT2D eigenvalue weighted by Gasteiger charge is -2.15. The molecule has 164 valence electrons. The number of aromatic hydroxyl groups is 1. The van der Waals surface area contributed by atoms with Crippen molar-refractivity contribution in [2.24, 2.45) is 14.1 Å². The number of hydrogen-bond donors (Lipinski definition) is 1. The molecule has 0 aliphatic carbocycles. The molecule has 0 saturated carbocycles. The molecule has 0 aliphatic heterocycles. The van der Waals surface area contributed by atoms with Gasteiger partial charge in [0.2, 0.25) is 0 Å². The maximum absolute atomic E-state index is 15.0. The predicted octanol–water partition coefficient (Wildman–Crippen LogP) is 4.44. The van der Waals surface area contributed by atoms with E-state index in [-0.39, 0.29) is 22.6 Å². The summed E-state index contributed by atoms with van der Waals surface area (Å²) in [6, 6.07) is 12.6. The van der Waals surface area contributed by atoms with E-state index in [4.69, 9.17) is 11.6 Å². The molecular formula is C24H22ClFN4O2. The van der Waals surface area contributed by atoms with Crippen LogP contribution in [0.5, 0.6) is 5.75 Å². The fourth-order valence-electron chi connectivity index (χ4n) is 3.78. The summed E-state index contributed by atoms with van der Waals surface area (Å²) in [7, 11) is 3.33. The van der Waals surface area contributed by atoms with Crippen LogP contribution in [0.4, 0.5) is 4.39 Å². The molecule has 32 heavy (non-hydrogen) atoms. The van der Waals surface area contributed by atoms with Gasteiger partial charge in [-0.1, -0.05) is 35.9 Å². The molecular weight excluding hydrogens is 431 g/mol. The molecule has 0 saturated heterocycles. The molecule has 8 heteroatoms. The predicted molar refractivity (Wildman–Crippen MR) is 122 cm³/mol. The topological polar surface area (TPSA) is 72.9 Å². The third-order valence-corrected chi connectivity index (χ3v) is 5.82. The largest absolute Gasteiger partial charge is 0.505 e. The minimum Gasteiger partial charge on any atom is -0.505 e. The highest BCUT2D eigenvalue weighted by atomic mass is 35.5. The zero-order valence-electron chi connectivity index (χ0n) is 17.9. The molecule has 4 aromatic rings. The second kappa shape index (κ2) is 8.59. The third kappa shape index (κ3) is 4.03. The summed E-state index contributed by atoms with van der Waals surface area (Å²) in [4.78, 5) is 12.7. The smallest absolute Gasteiger partial charge is 0.278 e. The quantitative estimate of drug-likeness (QED) is 0.486. The summed E-state index contributed by atoms with van der Waals surface area (Å²) >= 11 is 6.43. The van der Waals surface area contributed by atoms with E-state index < -0.39 is 11.4 Å². The Morgan fingerprint density at radius 3 is 2.38 bits per heavy atom. The molecule has 0 unspecified atom stereocenters. The number of hydrogen-bond acceptors (Lipinski definition) is 4. The average molecular weight is 453 g/mol. The summed E-state index contributed by atoms with van der Waals surface area (Å²) in [5.74, 6) is -0.955. The van der Waals surface area contributed by atoms with Gasteiger partial charge in [0, 0.05) is 36.4 Å². The van der Waals surface area contributed by atoms with E-state index in [2.05, 4.69) is 10.2 Å². The summed E-state index contributed by atoms with van der Waals surface area (Å²) in [6.45, 7) is 1.56. The van der Waals surface area contributed by atoms with Crippen molar-refractivity contribution in [3.8, 4) is 28.1 Å². The van der Waals surface area contributed by atoms with Gasteiger partial charge in [0.25, 0.3) is 5.56 Å². The summed E-state index contributed by atoms with van der Waals surface area (Å²) in [5, 5.41) is 19.2. The van der Waals surface area contributed by atoms with Crippen LogP contribution in [-0.2, 0) is 26.9 Å². The highest BCUT2D eigenvalue weighted by Crippen LogP contribution is 2.36. The first-order valence-electron chi connectivity index (χ1n) is 10.1. The van der Waals surface area contributed by atoms with Crippen LogP contribution in [-0.4, -0.2) is 24.7 Å². The second-order valence-corrected chi connectivity index (χ2v) is 8.10. The van der Waals surface area contributed by atoms with Gasteiger partial charge in [0.1, 0.15) is 11.5 Å². The van der Waals surface area contributed by atoms with Gasteiger partial charge in [0.05, 0.1) is 11.3 Å². The van der Waals surface area contributed by atoms with Crippen molar-refractivity contribution in [3.63, 3.8) is 0 Å². The Morgan fingerprint density at radius 2 is 1.72 bits per heavy atom. The van der Waals surface area contributed by atoms with E-state index in [9.17, 15) is 14.3 Å². The van der Waals surface area contributed by atoms with Crippen LogP contribution >= 0.6 is 11.6 Å². The molecule has 0 atom stereocenters. The third-order valence-electron chi connectivity index (χ3n) is 5.47. The standard InChI is InChI=1S/C24H22ClFN4O2/c1-14-23(31)22(24(32)30(3)27-14)21-17(18(25)10-11-19(21)26)9-6-15-4-7-16(8-5-15)20-12-13-29(2)28-20/h4-5,7-8,10-13,31H,6,9H2,1-3H3. The molecule has 0 radical (unpaired) electrons. The Balaban J connectivity index is 1.69. The van der Waals surface area contributed by atoms with Gasteiger partial charge < -0.3 is 5.11 Å². The van der Waals surface area contributed by atoms with E-state index in [1.54, 1.807) is 11.6 Å². The first kappa shape index (κ1) is 21.8. The maximum Gasteiger partial charge on any atom is 0.278 e. The maximum atomic E-state index is 15.0. The molecule has 0 spiro atoms. The monoisotopic (exact) mass is 452 g/mol. The lowest BCUT2D eigenvalue weighted by Crippen LogP contribution is -2.23. The molecule has 0 fully saturated rings. The first-order valence-corrected chi connectivity index (χ1v) is 10.5. The zero-order valence-corrected chi connectivity index (χ0v) is 18.7. The Labute approximate surface area is 189 Å². The van der Waals surface area contributed by atoms with Crippen LogP contribution in [0.1, 0.15) is 16.8 Å². The van der Waals surface area contributed by atoms with Gasteiger partial charge >= 0.3 is 0 Å². The second-order valence-electron chi connectivity index (χ2n) is 7.69. The lowest BCUT2D eigenvalue weighted by molar-refractivity contribution is 0.460. The first-order chi connectivity index (χ1) is 15.3. The minimum absolute atomic E-state index is 0.0196. The Morgan fingerprint density at radius 1 is 1.00 bits per heavy atom. The highest BCUT2D eigenvalue weighted by molar-refractivity contribution is 6.31. The molecule has 2 aromatic heterocycles. The van der Waals surface area contributed by atoms with E-state index in [0.717, 1.165) is 21.5 Å². The van der Waals surface area contributed by atoms with Gasteiger partial charge in [-0.15, -0.1) is 0 Å². The van der Waals surface area contributed by atoms with Crippen LogP contribution in [0, 0.1) is 12.7 Å². The SMILES string of the molecule is Cc1nn(C)c(=O)c(-c2c(F)ccc(Cl)c2CCc2ccc(-c3ccn(C)n3)cc2)c1O. The summed E-state index contributed by atoms with van der Waals surface area (Å²) in [6.07, 6.45) is 2.85. The number of nitrogens with zero attached hydrogens (tertiary/aromatic N) is 4. The van der Waals surface area contributed by atoms with Crippen molar-refractivity contribution in [1.82, 2.24) is 19.6 Å². The molecule has 6 nitrogen and oxygen atoms in total. The van der Waals surface area contributed by atoms with E-state index in [1.807, 2.05) is 43.6 Å². The fourth-order valence-corrected chi connectivity index (χ4v) is 4.03. The number of rotatable bonds is 5. The van der Waals surface area contributed by atoms with Gasteiger partial charge in [-0.3, -0.25) is 9.48 Å². The average Bonchev–Trinajstić information content (AvgIpc) is 3.21.